The van der Waals surface area contributed by atoms with Crippen molar-refractivity contribution in [2.45, 2.75) is 39.2 Å². The van der Waals surface area contributed by atoms with Crippen LogP contribution in [-0.2, 0) is 14.4 Å². The first-order valence-corrected chi connectivity index (χ1v) is 5.39. The highest BCUT2D eigenvalue weighted by Crippen LogP contribution is 2.28. The minimum Gasteiger partial charge on any atom is -0.449 e. The van der Waals surface area contributed by atoms with Gasteiger partial charge in [0.05, 0.1) is 5.71 Å². The van der Waals surface area contributed by atoms with Crippen LogP contribution in [0.15, 0.2) is 5.16 Å². The van der Waals surface area contributed by atoms with Crippen LogP contribution in [-0.4, -0.2) is 23.9 Å². The smallest absolute Gasteiger partial charge is 0.354 e. The fourth-order valence-electron chi connectivity index (χ4n) is 1.44. The van der Waals surface area contributed by atoms with Crippen LogP contribution in [0.5, 0.6) is 0 Å². The molecule has 0 aliphatic carbocycles. The maximum absolute atomic E-state index is 11.7. The molecule has 2 unspecified atom stereocenters. The number of hydrogen-bond acceptors (Lipinski definition) is 4. The monoisotopic (exact) mass is 223 g/mol. The predicted molar refractivity (Wildman–Crippen MR) is 60.8 cm³/mol. The molecule has 0 amide bonds. The minimum atomic E-state index is -1.00. The van der Waals surface area contributed by atoms with Crippen LogP contribution in [0.3, 0.4) is 0 Å². The van der Waals surface area contributed by atoms with Crippen molar-refractivity contribution in [2.24, 2.45) is 11.1 Å². The van der Waals surface area contributed by atoms with Crippen LogP contribution in [0.1, 0.15) is 33.6 Å². The molecule has 4 nitrogen and oxygen atoms in total. The number of terminal acetylenes is 1. The molecule has 0 bridgehead atoms. The van der Waals surface area contributed by atoms with Gasteiger partial charge in [0.25, 0.3) is 0 Å². The highest BCUT2D eigenvalue weighted by atomic mass is 16.7. The Morgan fingerprint density at radius 2 is 2.50 bits per heavy atom. The molecule has 1 aliphatic rings. The van der Waals surface area contributed by atoms with Crippen molar-refractivity contribution in [1.29, 1.82) is 0 Å². The van der Waals surface area contributed by atoms with Gasteiger partial charge in [0.2, 0.25) is 5.60 Å². The Morgan fingerprint density at radius 3 is 3.06 bits per heavy atom. The van der Waals surface area contributed by atoms with E-state index in [1.165, 1.54) is 0 Å². The normalized spacial score (nSPS) is 25.2. The van der Waals surface area contributed by atoms with Gasteiger partial charge in [-0.1, -0.05) is 24.9 Å². The van der Waals surface area contributed by atoms with E-state index in [9.17, 15) is 4.79 Å². The van der Waals surface area contributed by atoms with E-state index in [4.69, 9.17) is 16.0 Å². The van der Waals surface area contributed by atoms with E-state index < -0.39 is 11.6 Å². The Balaban J connectivity index is 2.59. The molecule has 0 fully saturated rings. The van der Waals surface area contributed by atoms with Crippen LogP contribution < -0.4 is 0 Å². The zero-order valence-electron chi connectivity index (χ0n) is 9.95. The number of hydrogen-bond donors (Lipinski definition) is 0. The lowest BCUT2D eigenvalue weighted by Crippen LogP contribution is -2.37. The van der Waals surface area contributed by atoms with Crippen molar-refractivity contribution in [3.05, 3.63) is 0 Å². The third-order valence-electron chi connectivity index (χ3n) is 2.78. The Labute approximate surface area is 96.0 Å². The number of esters is 1. The van der Waals surface area contributed by atoms with Gasteiger partial charge >= 0.3 is 5.97 Å². The lowest BCUT2D eigenvalue weighted by molar-refractivity contribution is -0.165. The standard InChI is InChI=1S/C12H17NO3/c1-5-7-15-11(14)12(4)8-10(13-16-12)9(3)6-2/h1,9H,6-8H2,2-4H3. The summed E-state index contributed by atoms with van der Waals surface area (Å²) < 4.78 is 4.87. The van der Waals surface area contributed by atoms with E-state index in [1.807, 2.05) is 0 Å². The lowest BCUT2D eigenvalue weighted by Gasteiger charge is -2.18. The van der Waals surface area contributed by atoms with Gasteiger partial charge in [0.1, 0.15) is 0 Å². The molecular formula is C12H17NO3. The second kappa shape index (κ2) is 5.02. The molecule has 0 saturated heterocycles. The molecule has 1 heterocycles. The Hall–Kier alpha value is -1.50. The average molecular weight is 223 g/mol. The van der Waals surface area contributed by atoms with Gasteiger partial charge in [0, 0.05) is 6.42 Å². The van der Waals surface area contributed by atoms with E-state index in [-0.39, 0.29) is 6.61 Å². The van der Waals surface area contributed by atoms with E-state index in [0.29, 0.717) is 12.3 Å². The van der Waals surface area contributed by atoms with Gasteiger partial charge in [-0.2, -0.15) is 0 Å². The minimum absolute atomic E-state index is 0.0313. The van der Waals surface area contributed by atoms with Gasteiger partial charge in [-0.05, 0) is 19.3 Å². The van der Waals surface area contributed by atoms with E-state index in [1.54, 1.807) is 6.92 Å². The molecule has 0 radical (unpaired) electrons. The molecule has 0 aromatic carbocycles. The van der Waals surface area contributed by atoms with E-state index >= 15 is 0 Å². The maximum atomic E-state index is 11.7. The van der Waals surface area contributed by atoms with Crippen LogP contribution in [0, 0.1) is 18.3 Å². The Bertz CT molecular complexity index is 343. The van der Waals surface area contributed by atoms with Crippen LogP contribution in [0.25, 0.3) is 0 Å². The molecule has 0 saturated carbocycles. The molecule has 1 aliphatic heterocycles. The van der Waals surface area contributed by atoms with Crippen LogP contribution >= 0.6 is 0 Å². The average Bonchev–Trinajstić information content (AvgIpc) is 2.69. The summed E-state index contributed by atoms with van der Waals surface area (Å²) in [6, 6.07) is 0. The number of nitrogens with zero attached hydrogens (tertiary/aromatic N) is 1. The number of carbonyl (C=O) groups is 1. The molecule has 0 spiro atoms. The number of carbonyl (C=O) groups excluding carboxylic acids is 1. The molecule has 16 heavy (non-hydrogen) atoms. The summed E-state index contributed by atoms with van der Waals surface area (Å²) in [6.07, 6.45) is 6.47. The van der Waals surface area contributed by atoms with E-state index in [2.05, 4.69) is 24.9 Å². The summed E-state index contributed by atoms with van der Waals surface area (Å²) in [5.74, 6) is 2.12. The largest absolute Gasteiger partial charge is 0.449 e. The quantitative estimate of drug-likeness (QED) is 0.539. The first kappa shape index (κ1) is 12.6. The maximum Gasteiger partial charge on any atom is 0.354 e. The van der Waals surface area contributed by atoms with Gasteiger partial charge in [0.15, 0.2) is 6.61 Å². The molecule has 0 aromatic heterocycles. The molecule has 1 rings (SSSR count). The molecule has 0 aromatic rings. The second-order valence-corrected chi connectivity index (χ2v) is 4.17. The number of oxime groups is 1. The predicted octanol–water partition coefficient (Wildman–Crippen LogP) is 1.74. The molecule has 4 heteroatoms. The Morgan fingerprint density at radius 1 is 1.81 bits per heavy atom. The van der Waals surface area contributed by atoms with Crippen molar-refractivity contribution in [3.8, 4) is 12.3 Å². The molecule has 88 valence electrons. The van der Waals surface area contributed by atoms with Crippen molar-refractivity contribution < 1.29 is 14.4 Å². The van der Waals surface area contributed by atoms with Gasteiger partial charge in [-0.3, -0.25) is 0 Å². The summed E-state index contributed by atoms with van der Waals surface area (Å²) in [7, 11) is 0. The lowest BCUT2D eigenvalue weighted by atomic mass is 9.92. The van der Waals surface area contributed by atoms with Gasteiger partial charge < -0.3 is 9.57 Å². The first-order valence-electron chi connectivity index (χ1n) is 5.39. The third kappa shape index (κ3) is 2.54. The molecule has 0 N–H and O–H groups in total. The summed E-state index contributed by atoms with van der Waals surface area (Å²) in [6.45, 7) is 5.77. The second-order valence-electron chi connectivity index (χ2n) is 4.17. The number of rotatable bonds is 4. The molecular weight excluding hydrogens is 206 g/mol. The van der Waals surface area contributed by atoms with E-state index in [0.717, 1.165) is 12.1 Å². The zero-order valence-corrected chi connectivity index (χ0v) is 9.95. The van der Waals surface area contributed by atoms with Crippen LogP contribution in [0.4, 0.5) is 0 Å². The van der Waals surface area contributed by atoms with Crippen molar-refractivity contribution in [2.75, 3.05) is 6.61 Å². The van der Waals surface area contributed by atoms with Crippen molar-refractivity contribution in [1.82, 2.24) is 0 Å². The fourth-order valence-corrected chi connectivity index (χ4v) is 1.44. The summed E-state index contributed by atoms with van der Waals surface area (Å²) in [5, 5.41) is 3.95. The topological polar surface area (TPSA) is 47.9 Å². The highest BCUT2D eigenvalue weighted by molar-refractivity contribution is 5.94. The van der Waals surface area contributed by atoms with Crippen molar-refractivity contribution in [3.63, 3.8) is 0 Å². The molecule has 2 atom stereocenters. The summed E-state index contributed by atoms with van der Waals surface area (Å²) in [5.41, 5.74) is -0.0991. The third-order valence-corrected chi connectivity index (χ3v) is 2.78. The van der Waals surface area contributed by atoms with Gasteiger partial charge in [-0.15, -0.1) is 6.42 Å². The summed E-state index contributed by atoms with van der Waals surface area (Å²) in [4.78, 5) is 16.8. The fraction of sp³-hybridized carbons (Fsp3) is 0.667. The first-order chi connectivity index (χ1) is 7.53. The SMILES string of the molecule is C#CCOC(=O)C1(C)CC(C(C)CC)=NO1. The summed E-state index contributed by atoms with van der Waals surface area (Å²) >= 11 is 0. The van der Waals surface area contributed by atoms with Gasteiger partial charge in [-0.25, -0.2) is 4.79 Å². The van der Waals surface area contributed by atoms with Crippen LogP contribution in [0.2, 0.25) is 0 Å². The Kier molecular flexibility index (Phi) is 3.94. The van der Waals surface area contributed by atoms with Crippen molar-refractivity contribution >= 4 is 11.7 Å². The number of ether oxygens (including phenoxy) is 1. The zero-order chi connectivity index (χ0) is 12.2. The highest BCUT2D eigenvalue weighted by Gasteiger charge is 2.44.